The van der Waals surface area contributed by atoms with Crippen LogP contribution < -0.4 is 0 Å². The van der Waals surface area contributed by atoms with Gasteiger partial charge in [-0.25, -0.2) is 0 Å². The molecule has 0 N–H and O–H groups in total. The summed E-state index contributed by atoms with van der Waals surface area (Å²) in [6.07, 6.45) is 5.16. The van der Waals surface area contributed by atoms with Gasteiger partial charge in [-0.2, -0.15) is 0 Å². The molecule has 0 aromatic heterocycles. The van der Waals surface area contributed by atoms with Crippen LogP contribution in [0.5, 0.6) is 0 Å². The molecule has 0 aliphatic heterocycles. The highest BCUT2D eigenvalue weighted by Crippen LogP contribution is 2.27. The van der Waals surface area contributed by atoms with Gasteiger partial charge in [0.25, 0.3) is 0 Å². The Bertz CT molecular complexity index is 860. The van der Waals surface area contributed by atoms with Crippen LogP contribution in [0.4, 0.5) is 0 Å². The Kier molecular flexibility index (Phi) is 5.85. The lowest BCUT2D eigenvalue weighted by Gasteiger charge is -2.21. The molecule has 132 valence electrons. The molecule has 0 saturated heterocycles. The van der Waals surface area contributed by atoms with Crippen molar-refractivity contribution in [2.45, 2.75) is 53.4 Å². The van der Waals surface area contributed by atoms with E-state index in [1.165, 1.54) is 42.4 Å². The van der Waals surface area contributed by atoms with Gasteiger partial charge in [-0.3, -0.25) is 0 Å². The second kappa shape index (κ2) is 8.29. The standard InChI is InChI=1S/C26H28/c1-19-5-9-23(10-6-19)13-14-25-17-21(3)26(22(4)18-25)16-15-24-11-7-20(2)8-12-24/h7-8,11-12,17-19,23H,5-6,9-10H2,1-4H3. The van der Waals surface area contributed by atoms with Crippen molar-refractivity contribution in [1.82, 2.24) is 0 Å². The van der Waals surface area contributed by atoms with Gasteiger partial charge in [-0.1, -0.05) is 48.3 Å². The molecule has 0 nitrogen and oxygen atoms in total. The van der Waals surface area contributed by atoms with Crippen LogP contribution in [0.15, 0.2) is 36.4 Å². The van der Waals surface area contributed by atoms with Crippen LogP contribution in [0, 0.1) is 56.3 Å². The van der Waals surface area contributed by atoms with Gasteiger partial charge in [0.1, 0.15) is 0 Å². The second-order valence-electron chi connectivity index (χ2n) is 7.83. The second-order valence-corrected chi connectivity index (χ2v) is 7.83. The van der Waals surface area contributed by atoms with E-state index in [0.717, 1.165) is 22.6 Å². The Hall–Kier alpha value is -2.44. The lowest BCUT2D eigenvalue weighted by atomic mass is 9.83. The average molecular weight is 341 g/mol. The summed E-state index contributed by atoms with van der Waals surface area (Å²) in [5.41, 5.74) is 7.00. The maximum atomic E-state index is 3.51. The number of hydrogen-bond donors (Lipinski definition) is 0. The van der Waals surface area contributed by atoms with Gasteiger partial charge in [-0.05, 0) is 87.8 Å². The fourth-order valence-corrected chi connectivity index (χ4v) is 3.59. The summed E-state index contributed by atoms with van der Waals surface area (Å²) in [5, 5.41) is 0. The molecule has 0 spiro atoms. The summed E-state index contributed by atoms with van der Waals surface area (Å²) >= 11 is 0. The largest absolute Gasteiger partial charge is 0.0945 e. The van der Waals surface area contributed by atoms with Gasteiger partial charge in [0.15, 0.2) is 0 Å². The molecule has 0 heterocycles. The molecule has 0 radical (unpaired) electrons. The van der Waals surface area contributed by atoms with Crippen molar-refractivity contribution in [3.63, 3.8) is 0 Å². The molecule has 0 bridgehead atoms. The summed E-state index contributed by atoms with van der Waals surface area (Å²) in [4.78, 5) is 0. The number of hydrogen-bond acceptors (Lipinski definition) is 0. The smallest absolute Gasteiger partial charge is 0.0308 e. The summed E-state index contributed by atoms with van der Waals surface area (Å²) in [7, 11) is 0. The highest BCUT2D eigenvalue weighted by atomic mass is 14.2. The number of aryl methyl sites for hydroxylation is 3. The van der Waals surface area contributed by atoms with Crippen LogP contribution in [-0.2, 0) is 0 Å². The van der Waals surface area contributed by atoms with Crippen LogP contribution in [0.25, 0.3) is 0 Å². The highest BCUT2D eigenvalue weighted by molar-refractivity contribution is 5.54. The first-order chi connectivity index (χ1) is 12.5. The van der Waals surface area contributed by atoms with Crippen molar-refractivity contribution in [3.8, 4) is 23.7 Å². The maximum Gasteiger partial charge on any atom is 0.0308 e. The molecule has 1 fully saturated rings. The molecule has 0 atom stereocenters. The monoisotopic (exact) mass is 340 g/mol. The molecule has 26 heavy (non-hydrogen) atoms. The molecule has 1 aliphatic rings. The third kappa shape index (κ3) is 4.80. The minimum absolute atomic E-state index is 0.577. The molecule has 2 aromatic carbocycles. The van der Waals surface area contributed by atoms with Gasteiger partial charge in [0, 0.05) is 22.6 Å². The SMILES string of the molecule is Cc1ccc(C#Cc2c(C)cc(C#CC3CCC(C)CC3)cc2C)cc1. The number of rotatable bonds is 0. The summed E-state index contributed by atoms with van der Waals surface area (Å²) in [5.74, 6) is 15.0. The van der Waals surface area contributed by atoms with Crippen LogP contribution in [0.2, 0.25) is 0 Å². The van der Waals surface area contributed by atoms with Crippen LogP contribution in [0.3, 0.4) is 0 Å². The Labute approximate surface area is 159 Å². The zero-order chi connectivity index (χ0) is 18.5. The molecule has 0 unspecified atom stereocenters. The fraction of sp³-hybridized carbons (Fsp3) is 0.385. The molecular weight excluding hydrogens is 312 g/mol. The summed E-state index contributed by atoms with van der Waals surface area (Å²) in [6, 6.07) is 12.7. The normalized spacial score (nSPS) is 19.1. The third-order valence-corrected chi connectivity index (χ3v) is 5.35. The van der Waals surface area contributed by atoms with Gasteiger partial charge in [0.2, 0.25) is 0 Å². The zero-order valence-corrected chi connectivity index (χ0v) is 16.4. The third-order valence-electron chi connectivity index (χ3n) is 5.35. The van der Waals surface area contributed by atoms with Crippen molar-refractivity contribution < 1.29 is 0 Å². The van der Waals surface area contributed by atoms with Crippen molar-refractivity contribution in [2.75, 3.05) is 0 Å². The van der Waals surface area contributed by atoms with Crippen LogP contribution in [-0.4, -0.2) is 0 Å². The highest BCUT2D eigenvalue weighted by Gasteiger charge is 2.15. The van der Waals surface area contributed by atoms with Gasteiger partial charge in [-0.15, -0.1) is 0 Å². The van der Waals surface area contributed by atoms with E-state index in [1.807, 2.05) is 0 Å². The van der Waals surface area contributed by atoms with E-state index in [0.29, 0.717) is 5.92 Å². The molecule has 3 rings (SSSR count). The maximum absolute atomic E-state index is 3.51. The first-order valence-electron chi connectivity index (χ1n) is 9.73. The van der Waals surface area contributed by atoms with Crippen molar-refractivity contribution in [2.24, 2.45) is 11.8 Å². The van der Waals surface area contributed by atoms with E-state index in [4.69, 9.17) is 0 Å². The molecule has 0 amide bonds. The van der Waals surface area contributed by atoms with Crippen molar-refractivity contribution in [3.05, 3.63) is 69.8 Å². The Morgan fingerprint density at radius 1 is 0.731 bits per heavy atom. The van der Waals surface area contributed by atoms with E-state index in [9.17, 15) is 0 Å². The topological polar surface area (TPSA) is 0 Å². The van der Waals surface area contributed by atoms with Crippen molar-refractivity contribution >= 4 is 0 Å². The number of benzene rings is 2. The zero-order valence-electron chi connectivity index (χ0n) is 16.4. The Balaban J connectivity index is 1.78. The van der Waals surface area contributed by atoms with E-state index in [-0.39, 0.29) is 0 Å². The Morgan fingerprint density at radius 3 is 1.96 bits per heavy atom. The predicted molar refractivity (Wildman–Crippen MR) is 111 cm³/mol. The lowest BCUT2D eigenvalue weighted by Crippen LogP contribution is -2.10. The molecule has 2 aromatic rings. The van der Waals surface area contributed by atoms with E-state index >= 15 is 0 Å². The lowest BCUT2D eigenvalue weighted by molar-refractivity contribution is 0.337. The summed E-state index contributed by atoms with van der Waals surface area (Å²) in [6.45, 7) is 8.73. The fourth-order valence-electron chi connectivity index (χ4n) is 3.59. The average Bonchev–Trinajstić information content (AvgIpc) is 2.62. The molecule has 1 aliphatic carbocycles. The molecular formula is C26H28. The van der Waals surface area contributed by atoms with Gasteiger partial charge >= 0.3 is 0 Å². The minimum atomic E-state index is 0.577. The van der Waals surface area contributed by atoms with E-state index in [2.05, 4.69) is 87.8 Å². The molecule has 1 saturated carbocycles. The molecule has 0 heteroatoms. The van der Waals surface area contributed by atoms with Gasteiger partial charge in [0.05, 0.1) is 0 Å². The van der Waals surface area contributed by atoms with E-state index < -0.39 is 0 Å². The first-order valence-corrected chi connectivity index (χ1v) is 9.73. The van der Waals surface area contributed by atoms with Crippen molar-refractivity contribution in [1.29, 1.82) is 0 Å². The Morgan fingerprint density at radius 2 is 1.35 bits per heavy atom. The van der Waals surface area contributed by atoms with Crippen LogP contribution in [0.1, 0.15) is 66.0 Å². The quantitative estimate of drug-likeness (QED) is 0.502. The van der Waals surface area contributed by atoms with Crippen LogP contribution >= 0.6 is 0 Å². The van der Waals surface area contributed by atoms with E-state index in [1.54, 1.807) is 0 Å². The van der Waals surface area contributed by atoms with Gasteiger partial charge < -0.3 is 0 Å². The first kappa shape index (κ1) is 18.4. The predicted octanol–water partition coefficient (Wildman–Crippen LogP) is 6.19. The minimum Gasteiger partial charge on any atom is -0.0945 e. The summed E-state index contributed by atoms with van der Waals surface area (Å²) < 4.78 is 0.